The molecule has 2 aliphatic carbocycles. The van der Waals surface area contributed by atoms with E-state index in [-0.39, 0.29) is 29.7 Å². The van der Waals surface area contributed by atoms with Gasteiger partial charge in [-0.2, -0.15) is 0 Å². The molecular formula is C20H26N4O3S. The molecule has 0 bridgehead atoms. The molecule has 2 fully saturated rings. The predicted molar refractivity (Wildman–Crippen MR) is 107 cm³/mol. The number of aromatic nitrogens is 2. The van der Waals surface area contributed by atoms with Crippen molar-refractivity contribution >= 4 is 34.2 Å². The summed E-state index contributed by atoms with van der Waals surface area (Å²) in [6.07, 6.45) is 7.04. The van der Waals surface area contributed by atoms with Crippen molar-refractivity contribution in [1.82, 2.24) is 10.2 Å². The molecule has 150 valence electrons. The van der Waals surface area contributed by atoms with Gasteiger partial charge in [0.15, 0.2) is 0 Å². The predicted octanol–water partition coefficient (Wildman–Crippen LogP) is 4.66. The maximum Gasteiger partial charge on any atom is 0.322 e. The summed E-state index contributed by atoms with van der Waals surface area (Å²) in [5.41, 5.74) is 0.415. The van der Waals surface area contributed by atoms with Gasteiger partial charge in [0.1, 0.15) is 5.00 Å². The molecule has 2 N–H and O–H groups in total. The Morgan fingerprint density at radius 2 is 1.86 bits per heavy atom. The van der Waals surface area contributed by atoms with Crippen molar-refractivity contribution in [2.24, 2.45) is 17.8 Å². The number of carbonyl (C=O) groups is 2. The maximum atomic E-state index is 12.8. The quantitative estimate of drug-likeness (QED) is 0.758. The number of amides is 2. The Morgan fingerprint density at radius 1 is 1.14 bits per heavy atom. The third-order valence-corrected chi connectivity index (χ3v) is 6.74. The van der Waals surface area contributed by atoms with E-state index in [1.54, 1.807) is 11.4 Å². The average Bonchev–Trinajstić information content (AvgIpc) is 3.40. The van der Waals surface area contributed by atoms with Crippen LogP contribution in [-0.4, -0.2) is 22.0 Å². The lowest BCUT2D eigenvalue weighted by Crippen LogP contribution is -2.22. The minimum atomic E-state index is -0.365. The third kappa shape index (κ3) is 3.97. The van der Waals surface area contributed by atoms with Gasteiger partial charge >= 0.3 is 6.01 Å². The molecule has 0 radical (unpaired) electrons. The van der Waals surface area contributed by atoms with E-state index in [1.165, 1.54) is 37.0 Å². The van der Waals surface area contributed by atoms with Gasteiger partial charge in [0.05, 0.1) is 5.56 Å². The van der Waals surface area contributed by atoms with Gasteiger partial charge in [-0.1, -0.05) is 44.6 Å². The first-order chi connectivity index (χ1) is 13.5. The molecule has 7 nitrogen and oxygen atoms in total. The van der Waals surface area contributed by atoms with Gasteiger partial charge in [0, 0.05) is 11.8 Å². The van der Waals surface area contributed by atoms with Crippen molar-refractivity contribution in [2.45, 2.75) is 58.3 Å². The lowest BCUT2D eigenvalue weighted by atomic mass is 9.82. The van der Waals surface area contributed by atoms with Gasteiger partial charge < -0.3 is 9.73 Å². The first-order valence-corrected chi connectivity index (χ1v) is 10.9. The standard InChI is InChI=1S/C20H26N4O3S/c1-11(2)18-23-24-20(27-18)22-17(26)15-7-8-28-19(15)21-16(25)14-9-12-5-3-4-6-13(12)10-14/h7-8,11-14H,3-6,9-10H2,1-2H3,(H,21,25)(H,22,24,26). The Hall–Kier alpha value is -2.22. The topological polar surface area (TPSA) is 97.1 Å². The van der Waals surface area contributed by atoms with Gasteiger partial charge in [0.25, 0.3) is 5.91 Å². The Kier molecular flexibility index (Phi) is 5.48. The number of nitrogens with zero attached hydrogens (tertiary/aromatic N) is 2. The zero-order valence-electron chi connectivity index (χ0n) is 16.2. The molecule has 2 unspecified atom stereocenters. The largest absolute Gasteiger partial charge is 0.408 e. The Bertz CT molecular complexity index is 845. The van der Waals surface area contributed by atoms with E-state index in [9.17, 15) is 9.59 Å². The lowest BCUT2D eigenvalue weighted by Gasteiger charge is -2.24. The van der Waals surface area contributed by atoms with Crippen LogP contribution in [0.25, 0.3) is 0 Å². The van der Waals surface area contributed by atoms with Crippen molar-refractivity contribution in [3.8, 4) is 0 Å². The number of nitrogens with one attached hydrogen (secondary N) is 2. The van der Waals surface area contributed by atoms with Crippen molar-refractivity contribution in [3.05, 3.63) is 22.9 Å². The molecule has 0 aromatic carbocycles. The van der Waals surface area contributed by atoms with Crippen LogP contribution >= 0.6 is 11.3 Å². The summed E-state index contributed by atoms with van der Waals surface area (Å²) >= 11 is 1.35. The molecule has 2 heterocycles. The van der Waals surface area contributed by atoms with Crippen LogP contribution in [0.1, 0.15) is 74.5 Å². The molecule has 2 aromatic rings. The fraction of sp³-hybridized carbons (Fsp3) is 0.600. The Balaban J connectivity index is 1.39. The first kappa shape index (κ1) is 19.1. The van der Waals surface area contributed by atoms with E-state index < -0.39 is 0 Å². The average molecular weight is 403 g/mol. The van der Waals surface area contributed by atoms with Gasteiger partial charge in [-0.25, -0.2) is 0 Å². The maximum absolute atomic E-state index is 12.8. The molecule has 8 heteroatoms. The second kappa shape index (κ2) is 8.03. The van der Waals surface area contributed by atoms with Gasteiger partial charge in [-0.05, 0) is 36.1 Å². The van der Waals surface area contributed by atoms with Crippen LogP contribution in [0.15, 0.2) is 15.9 Å². The van der Waals surface area contributed by atoms with E-state index in [1.807, 2.05) is 13.8 Å². The number of hydrogen-bond donors (Lipinski definition) is 2. The summed E-state index contributed by atoms with van der Waals surface area (Å²) in [5, 5.41) is 15.7. The molecule has 2 saturated carbocycles. The SMILES string of the molecule is CC(C)c1nnc(NC(=O)c2ccsc2NC(=O)C2CC3CCCCC3C2)o1. The van der Waals surface area contributed by atoms with Crippen LogP contribution in [-0.2, 0) is 4.79 Å². The molecule has 28 heavy (non-hydrogen) atoms. The Morgan fingerprint density at radius 3 is 2.50 bits per heavy atom. The van der Waals surface area contributed by atoms with Crippen LogP contribution in [0.5, 0.6) is 0 Å². The lowest BCUT2D eigenvalue weighted by molar-refractivity contribution is -0.119. The highest BCUT2D eigenvalue weighted by molar-refractivity contribution is 7.14. The zero-order valence-corrected chi connectivity index (χ0v) is 17.1. The second-order valence-corrected chi connectivity index (χ2v) is 9.10. The monoisotopic (exact) mass is 402 g/mol. The zero-order chi connectivity index (χ0) is 19.7. The van der Waals surface area contributed by atoms with Gasteiger partial charge in [-0.3, -0.25) is 14.9 Å². The van der Waals surface area contributed by atoms with Crippen LogP contribution in [0.2, 0.25) is 0 Å². The van der Waals surface area contributed by atoms with Crippen molar-refractivity contribution in [3.63, 3.8) is 0 Å². The highest BCUT2D eigenvalue weighted by atomic mass is 32.1. The molecule has 2 aromatic heterocycles. The minimum absolute atomic E-state index is 0.0331. The van der Waals surface area contributed by atoms with Gasteiger partial charge in [-0.15, -0.1) is 16.4 Å². The van der Waals surface area contributed by atoms with Crippen molar-refractivity contribution in [2.75, 3.05) is 10.6 Å². The summed E-state index contributed by atoms with van der Waals surface area (Å²) in [6, 6.07) is 1.76. The number of rotatable bonds is 5. The molecular weight excluding hydrogens is 376 g/mol. The molecule has 2 atom stereocenters. The number of carbonyl (C=O) groups excluding carboxylic acids is 2. The number of anilines is 2. The summed E-state index contributed by atoms with van der Waals surface area (Å²) in [5.74, 6) is 1.67. The summed E-state index contributed by atoms with van der Waals surface area (Å²) in [7, 11) is 0. The molecule has 2 aliphatic rings. The summed E-state index contributed by atoms with van der Waals surface area (Å²) in [4.78, 5) is 25.4. The number of thiophene rings is 1. The fourth-order valence-electron chi connectivity index (χ4n) is 4.43. The van der Waals surface area contributed by atoms with Crippen LogP contribution in [0.4, 0.5) is 11.0 Å². The van der Waals surface area contributed by atoms with E-state index in [0.717, 1.165) is 12.8 Å². The van der Waals surface area contributed by atoms with Gasteiger partial charge in [0.2, 0.25) is 11.8 Å². The van der Waals surface area contributed by atoms with E-state index in [2.05, 4.69) is 20.8 Å². The smallest absolute Gasteiger partial charge is 0.322 e. The van der Waals surface area contributed by atoms with E-state index >= 15 is 0 Å². The third-order valence-electron chi connectivity index (χ3n) is 5.91. The second-order valence-electron chi connectivity index (χ2n) is 8.18. The van der Waals surface area contributed by atoms with Crippen molar-refractivity contribution in [1.29, 1.82) is 0 Å². The number of hydrogen-bond acceptors (Lipinski definition) is 6. The van der Waals surface area contributed by atoms with Crippen LogP contribution < -0.4 is 10.6 Å². The van der Waals surface area contributed by atoms with Crippen LogP contribution in [0.3, 0.4) is 0 Å². The summed E-state index contributed by atoms with van der Waals surface area (Å²) < 4.78 is 5.43. The summed E-state index contributed by atoms with van der Waals surface area (Å²) in [6.45, 7) is 3.87. The molecule has 0 spiro atoms. The minimum Gasteiger partial charge on any atom is -0.408 e. The Labute approximate surface area is 168 Å². The highest BCUT2D eigenvalue weighted by Crippen LogP contribution is 2.45. The van der Waals surface area contributed by atoms with Crippen LogP contribution in [0, 0.1) is 17.8 Å². The molecule has 0 saturated heterocycles. The van der Waals surface area contributed by atoms with E-state index in [4.69, 9.17) is 4.42 Å². The molecule has 2 amide bonds. The first-order valence-electron chi connectivity index (χ1n) is 10.0. The molecule has 4 rings (SSSR count). The highest BCUT2D eigenvalue weighted by Gasteiger charge is 2.39. The molecule has 0 aliphatic heterocycles. The fourth-order valence-corrected chi connectivity index (χ4v) is 5.22. The van der Waals surface area contributed by atoms with Crippen molar-refractivity contribution < 1.29 is 14.0 Å². The number of fused-ring (bicyclic) bond motifs is 1. The van der Waals surface area contributed by atoms with E-state index in [0.29, 0.717) is 28.3 Å². The normalized spacial score (nSPS) is 24.2.